The molecule has 0 N–H and O–H groups in total. The van der Waals surface area contributed by atoms with Crippen LogP contribution in [-0.4, -0.2) is 18.0 Å². The van der Waals surface area contributed by atoms with Crippen LogP contribution < -0.4 is 0 Å². The van der Waals surface area contributed by atoms with Gasteiger partial charge in [-0.2, -0.15) is 0 Å². The summed E-state index contributed by atoms with van der Waals surface area (Å²) in [7, 11) is 0. The summed E-state index contributed by atoms with van der Waals surface area (Å²) in [4.78, 5) is 28.3. The number of Topliss-reactive ketones (excluding diaryl/α,β-unsaturated/α-hetero) is 1. The zero-order valence-corrected chi connectivity index (χ0v) is 13.6. The van der Waals surface area contributed by atoms with Gasteiger partial charge in [-0.05, 0) is 42.7 Å². The highest BCUT2D eigenvalue weighted by Gasteiger charge is 2.50. The van der Waals surface area contributed by atoms with E-state index in [1.54, 1.807) is 13.1 Å². The normalized spacial score (nSPS) is 23.1. The molecule has 1 aromatic rings. The molecule has 1 aliphatic rings. The van der Waals surface area contributed by atoms with E-state index in [-0.39, 0.29) is 29.0 Å². The highest BCUT2D eigenvalue weighted by atomic mass is 16.7. The van der Waals surface area contributed by atoms with Gasteiger partial charge in [0.25, 0.3) is 0 Å². The monoisotopic (exact) mass is 301 g/mol. The third kappa shape index (κ3) is 3.43. The van der Waals surface area contributed by atoms with E-state index in [1.807, 2.05) is 45.0 Å². The van der Waals surface area contributed by atoms with Gasteiger partial charge < -0.3 is 4.84 Å². The van der Waals surface area contributed by atoms with E-state index in [0.29, 0.717) is 6.42 Å². The van der Waals surface area contributed by atoms with Crippen LogP contribution in [0.25, 0.3) is 0 Å². The Morgan fingerprint density at radius 2 is 2.05 bits per heavy atom. The Balaban J connectivity index is 1.85. The smallest absolute Gasteiger partial charge is 0.318 e. The molecular formula is C18H23NO3. The molecule has 0 unspecified atom stereocenters. The molecule has 2 atom stereocenters. The van der Waals surface area contributed by atoms with Gasteiger partial charge in [0.2, 0.25) is 0 Å². The number of rotatable bonds is 5. The second-order valence-corrected chi connectivity index (χ2v) is 6.68. The van der Waals surface area contributed by atoms with Crippen LogP contribution in [-0.2, 0) is 14.4 Å². The Kier molecular flexibility index (Phi) is 4.79. The molecule has 4 heteroatoms. The first-order valence-electron chi connectivity index (χ1n) is 7.61. The van der Waals surface area contributed by atoms with E-state index in [0.717, 1.165) is 17.5 Å². The predicted octanol–water partition coefficient (Wildman–Crippen LogP) is 3.51. The lowest BCUT2D eigenvalue weighted by molar-refractivity contribution is -0.153. The summed E-state index contributed by atoms with van der Waals surface area (Å²) in [6.07, 6.45) is 2.62. The van der Waals surface area contributed by atoms with Crippen molar-refractivity contribution in [2.75, 3.05) is 0 Å². The maximum atomic E-state index is 11.9. The minimum atomic E-state index is -0.343. The quantitative estimate of drug-likeness (QED) is 0.475. The largest absolute Gasteiger partial charge is 0.335 e. The number of carbonyl (C=O) groups excluding carboxylic acids is 2. The Hall–Kier alpha value is -1.97. The number of oxime groups is 1. The fourth-order valence-corrected chi connectivity index (χ4v) is 3.16. The van der Waals surface area contributed by atoms with Crippen LogP contribution in [0.3, 0.4) is 0 Å². The van der Waals surface area contributed by atoms with Crippen molar-refractivity contribution in [2.45, 2.75) is 40.5 Å². The van der Waals surface area contributed by atoms with E-state index in [2.05, 4.69) is 5.16 Å². The van der Waals surface area contributed by atoms with E-state index in [4.69, 9.17) is 4.84 Å². The third-order valence-electron chi connectivity index (χ3n) is 4.91. The van der Waals surface area contributed by atoms with E-state index in [1.165, 1.54) is 0 Å². The van der Waals surface area contributed by atoms with Gasteiger partial charge in [-0.3, -0.25) is 4.79 Å². The molecule has 0 spiro atoms. The summed E-state index contributed by atoms with van der Waals surface area (Å²) in [5.74, 6) is 0.0976. The Morgan fingerprint density at radius 3 is 2.64 bits per heavy atom. The summed E-state index contributed by atoms with van der Waals surface area (Å²) in [6, 6.07) is 7.75. The average Bonchev–Trinajstić information content (AvgIpc) is 2.44. The molecule has 1 fully saturated rings. The maximum absolute atomic E-state index is 11.9. The number of hydrogen-bond donors (Lipinski definition) is 0. The zero-order chi connectivity index (χ0) is 16.3. The van der Waals surface area contributed by atoms with Gasteiger partial charge in [0, 0.05) is 5.92 Å². The van der Waals surface area contributed by atoms with Crippen LogP contribution in [0.2, 0.25) is 0 Å². The average molecular weight is 301 g/mol. The van der Waals surface area contributed by atoms with Gasteiger partial charge in [-0.25, -0.2) is 4.79 Å². The summed E-state index contributed by atoms with van der Waals surface area (Å²) in [5, 5.41) is 3.77. The van der Waals surface area contributed by atoms with Crippen molar-refractivity contribution < 1.29 is 14.4 Å². The van der Waals surface area contributed by atoms with Crippen LogP contribution in [0.15, 0.2) is 29.4 Å². The first-order chi connectivity index (χ1) is 10.3. The van der Waals surface area contributed by atoms with E-state index in [9.17, 15) is 9.59 Å². The molecule has 2 rings (SSSR count). The van der Waals surface area contributed by atoms with Crippen molar-refractivity contribution in [3.05, 3.63) is 35.4 Å². The molecule has 4 nitrogen and oxygen atoms in total. The molecule has 0 aromatic heterocycles. The van der Waals surface area contributed by atoms with Crippen LogP contribution in [0.5, 0.6) is 0 Å². The molecule has 0 saturated heterocycles. The van der Waals surface area contributed by atoms with Gasteiger partial charge in [-0.15, -0.1) is 0 Å². The lowest BCUT2D eigenvalue weighted by Gasteiger charge is -2.50. The molecule has 0 heterocycles. The number of hydrogen-bond acceptors (Lipinski definition) is 4. The van der Waals surface area contributed by atoms with Crippen molar-refractivity contribution in [1.29, 1.82) is 0 Å². The Morgan fingerprint density at radius 1 is 1.36 bits per heavy atom. The summed E-state index contributed by atoms with van der Waals surface area (Å²) in [5.41, 5.74) is 1.87. The summed E-state index contributed by atoms with van der Waals surface area (Å²) < 4.78 is 0. The molecule has 22 heavy (non-hydrogen) atoms. The second kappa shape index (κ2) is 6.42. The Bertz CT molecular complexity index is 604. The highest BCUT2D eigenvalue weighted by molar-refractivity contribution is 5.82. The van der Waals surface area contributed by atoms with Crippen LogP contribution >= 0.6 is 0 Å². The van der Waals surface area contributed by atoms with E-state index >= 15 is 0 Å². The molecular weight excluding hydrogens is 278 g/mol. The standard InChI is InChI=1S/C18H23NO3/c1-12-7-5-6-8-14(12)11-19-22-17(21)10-15-9-16(13(2)20)18(15,3)4/h5-8,11,15-16H,9-10H2,1-4H3/t15-,16+/m0/s1. The molecule has 1 aliphatic carbocycles. The molecule has 118 valence electrons. The van der Waals surface area contributed by atoms with Gasteiger partial charge in [-0.1, -0.05) is 43.3 Å². The van der Waals surface area contributed by atoms with E-state index < -0.39 is 0 Å². The number of carbonyl (C=O) groups is 2. The molecule has 0 amide bonds. The lowest BCUT2D eigenvalue weighted by atomic mass is 9.53. The van der Waals surface area contributed by atoms with Crippen molar-refractivity contribution in [3.8, 4) is 0 Å². The second-order valence-electron chi connectivity index (χ2n) is 6.68. The van der Waals surface area contributed by atoms with Crippen LogP contribution in [0.1, 0.15) is 44.7 Å². The number of aryl methyl sites for hydroxylation is 1. The van der Waals surface area contributed by atoms with Gasteiger partial charge in [0.05, 0.1) is 12.6 Å². The van der Waals surface area contributed by atoms with Crippen LogP contribution in [0.4, 0.5) is 0 Å². The number of ketones is 1. The van der Waals surface area contributed by atoms with Crippen molar-refractivity contribution in [1.82, 2.24) is 0 Å². The molecule has 1 aromatic carbocycles. The SMILES string of the molecule is CC(=O)[C@H]1C[C@@H](CC(=O)ON=Cc2ccccc2C)C1(C)C. The van der Waals surface area contributed by atoms with Crippen molar-refractivity contribution in [3.63, 3.8) is 0 Å². The van der Waals surface area contributed by atoms with Crippen LogP contribution in [0, 0.1) is 24.2 Å². The fourth-order valence-electron chi connectivity index (χ4n) is 3.16. The van der Waals surface area contributed by atoms with Gasteiger partial charge >= 0.3 is 5.97 Å². The Labute approximate surface area is 131 Å². The molecule has 0 aliphatic heterocycles. The maximum Gasteiger partial charge on any atom is 0.335 e. The minimum absolute atomic E-state index is 0.0563. The lowest BCUT2D eigenvalue weighted by Crippen LogP contribution is -2.48. The zero-order valence-electron chi connectivity index (χ0n) is 13.6. The third-order valence-corrected chi connectivity index (χ3v) is 4.91. The topological polar surface area (TPSA) is 55.7 Å². The molecule has 0 bridgehead atoms. The predicted molar refractivity (Wildman–Crippen MR) is 85.5 cm³/mol. The van der Waals surface area contributed by atoms with Gasteiger partial charge in [0.1, 0.15) is 5.78 Å². The first kappa shape index (κ1) is 16.4. The minimum Gasteiger partial charge on any atom is -0.318 e. The summed E-state index contributed by atoms with van der Waals surface area (Å²) >= 11 is 0. The molecule has 1 saturated carbocycles. The number of benzene rings is 1. The van der Waals surface area contributed by atoms with Gasteiger partial charge in [0.15, 0.2) is 0 Å². The highest BCUT2D eigenvalue weighted by Crippen LogP contribution is 2.53. The van der Waals surface area contributed by atoms with Crippen molar-refractivity contribution in [2.24, 2.45) is 22.4 Å². The first-order valence-corrected chi connectivity index (χ1v) is 7.61. The molecule has 0 radical (unpaired) electrons. The van der Waals surface area contributed by atoms with Crippen molar-refractivity contribution >= 4 is 18.0 Å². The summed E-state index contributed by atoms with van der Waals surface area (Å²) in [6.45, 7) is 7.67. The number of nitrogens with zero attached hydrogens (tertiary/aromatic N) is 1. The fraction of sp³-hybridized carbons (Fsp3) is 0.500.